The van der Waals surface area contributed by atoms with Crippen molar-refractivity contribution in [2.75, 3.05) is 54.1 Å². The summed E-state index contributed by atoms with van der Waals surface area (Å²) in [5.41, 5.74) is 0. The summed E-state index contributed by atoms with van der Waals surface area (Å²) in [7, 11) is 1.34. The number of hydrogen-bond acceptors (Lipinski definition) is 7. The van der Waals surface area contributed by atoms with Crippen molar-refractivity contribution < 1.29 is 37.3 Å². The molecule has 0 N–H and O–H groups in total. The van der Waals surface area contributed by atoms with E-state index in [9.17, 15) is 14.3 Å². The number of phosphoric acid groups is 1. The zero-order chi connectivity index (χ0) is 47.6. The van der Waals surface area contributed by atoms with Gasteiger partial charge in [-0.05, 0) is 89.9 Å². The predicted molar refractivity (Wildman–Crippen MR) is 277 cm³/mol. The third-order valence-corrected chi connectivity index (χ3v) is 12.2. The highest BCUT2D eigenvalue weighted by molar-refractivity contribution is 7.45. The third kappa shape index (κ3) is 52.8. The van der Waals surface area contributed by atoms with Gasteiger partial charge < -0.3 is 27.9 Å². The number of phosphoric ester groups is 1. The number of rotatable bonds is 49. The molecule has 0 aliphatic heterocycles. The van der Waals surface area contributed by atoms with E-state index in [1.807, 2.05) is 21.1 Å². The van der Waals surface area contributed by atoms with Crippen LogP contribution in [0.2, 0.25) is 0 Å². The number of carbonyl (C=O) groups excluding carboxylic acids is 1. The Labute approximate surface area is 402 Å². The fourth-order valence-electron chi connectivity index (χ4n) is 7.09. The highest BCUT2D eigenvalue weighted by atomic mass is 31.2. The van der Waals surface area contributed by atoms with Crippen LogP contribution >= 0.6 is 7.82 Å². The maximum absolute atomic E-state index is 12.8. The van der Waals surface area contributed by atoms with E-state index in [0.717, 1.165) is 77.0 Å². The minimum Gasteiger partial charge on any atom is -0.756 e. The molecule has 0 radical (unpaired) electrons. The molecule has 0 amide bonds. The summed E-state index contributed by atoms with van der Waals surface area (Å²) in [5.74, 6) is -0.346. The van der Waals surface area contributed by atoms with Crippen LogP contribution in [0.5, 0.6) is 0 Å². The van der Waals surface area contributed by atoms with Gasteiger partial charge in [-0.1, -0.05) is 196 Å². The van der Waals surface area contributed by atoms with Crippen LogP contribution in [0.4, 0.5) is 0 Å². The number of likely N-dealkylation sites (N-methyl/N-ethyl adjacent to an activating group) is 1. The molecule has 0 spiro atoms. The second-order valence-electron chi connectivity index (χ2n) is 18.9. The molecular weight excluding hydrogens is 830 g/mol. The van der Waals surface area contributed by atoms with E-state index in [1.165, 1.54) is 122 Å². The first-order valence-electron chi connectivity index (χ1n) is 26.7. The maximum atomic E-state index is 12.8. The molecule has 0 aromatic heterocycles. The van der Waals surface area contributed by atoms with Crippen LogP contribution in [-0.2, 0) is 27.9 Å². The summed E-state index contributed by atoms with van der Waals surface area (Å²) in [4.78, 5) is 25.2. The maximum Gasteiger partial charge on any atom is 0.306 e. The van der Waals surface area contributed by atoms with Crippen molar-refractivity contribution in [2.45, 2.75) is 225 Å². The van der Waals surface area contributed by atoms with E-state index in [4.69, 9.17) is 18.5 Å². The van der Waals surface area contributed by atoms with Crippen LogP contribution < -0.4 is 4.89 Å². The van der Waals surface area contributed by atoms with Crippen molar-refractivity contribution in [1.82, 2.24) is 0 Å². The van der Waals surface area contributed by atoms with Crippen LogP contribution in [0.25, 0.3) is 0 Å². The third-order valence-electron chi connectivity index (χ3n) is 11.2. The normalized spacial score (nSPS) is 14.1. The van der Waals surface area contributed by atoms with E-state index >= 15 is 0 Å². The Bertz CT molecular complexity index is 1270. The van der Waals surface area contributed by atoms with Gasteiger partial charge in [0.25, 0.3) is 7.82 Å². The molecule has 2 unspecified atom stereocenters. The topological polar surface area (TPSA) is 94.1 Å². The number of unbranched alkanes of at least 4 members (excludes halogenated alkanes) is 23. The highest BCUT2D eigenvalue weighted by Gasteiger charge is 2.20. The van der Waals surface area contributed by atoms with Gasteiger partial charge in [0.2, 0.25) is 0 Å². The van der Waals surface area contributed by atoms with Gasteiger partial charge in [-0.15, -0.1) is 0 Å². The molecule has 0 rings (SSSR count). The molecule has 9 heteroatoms. The Balaban J connectivity index is 4.18. The SMILES string of the molecule is CCCCC/C=C\C/C=C\C/C=C\CCCCCCCCCOCC(COP(=O)([O-])OCC[N+](C)(C)C)OC(=O)CCCCCCCCCC/C=C\C/C=C\C/C=C\CCCCCCC. The van der Waals surface area contributed by atoms with Crippen molar-refractivity contribution in [1.29, 1.82) is 0 Å². The van der Waals surface area contributed by atoms with Crippen molar-refractivity contribution >= 4 is 13.8 Å². The molecule has 0 bridgehead atoms. The quantitative estimate of drug-likeness (QED) is 0.0197. The highest BCUT2D eigenvalue weighted by Crippen LogP contribution is 2.38. The molecule has 0 saturated carbocycles. The van der Waals surface area contributed by atoms with Gasteiger partial charge in [0, 0.05) is 13.0 Å². The van der Waals surface area contributed by atoms with E-state index in [2.05, 4.69) is 86.8 Å². The lowest BCUT2D eigenvalue weighted by molar-refractivity contribution is -0.870. The molecule has 0 heterocycles. The summed E-state index contributed by atoms with van der Waals surface area (Å²) >= 11 is 0. The molecule has 8 nitrogen and oxygen atoms in total. The van der Waals surface area contributed by atoms with E-state index in [1.54, 1.807) is 0 Å². The standard InChI is InChI=1S/C56H102NO7P/c1-6-8-10-12-14-16-18-20-22-24-26-28-29-30-31-33-35-37-39-41-43-45-47-49-56(58)64-55(54-63-65(59,60)62-52-50-57(3,4)5)53-61-51-48-46-44-42-40-38-36-34-32-27-25-23-21-19-17-15-13-11-9-7-2/h15,17-18,20-21,23-24,26-27,29-30,32,55H,6-14,16,19,22,25,28,31,33-54H2,1-5H3/b17-15-,20-18-,23-21-,26-24-,30-29-,32-27-. The fraction of sp³-hybridized carbons (Fsp3) is 0.768. The largest absolute Gasteiger partial charge is 0.756 e. The lowest BCUT2D eigenvalue weighted by atomic mass is 10.1. The van der Waals surface area contributed by atoms with E-state index in [0.29, 0.717) is 24.1 Å². The van der Waals surface area contributed by atoms with E-state index < -0.39 is 13.9 Å². The summed E-state index contributed by atoms with van der Waals surface area (Å²) in [6.45, 7) is 5.35. The lowest BCUT2D eigenvalue weighted by Gasteiger charge is -2.28. The second kappa shape index (κ2) is 48.4. The average molecular weight is 932 g/mol. The molecule has 0 aliphatic rings. The molecule has 0 aromatic carbocycles. The minimum atomic E-state index is -4.54. The van der Waals surface area contributed by atoms with Crippen LogP contribution in [0.1, 0.15) is 219 Å². The Morgan fingerprint density at radius 1 is 0.477 bits per heavy atom. The Morgan fingerprint density at radius 2 is 0.846 bits per heavy atom. The summed E-state index contributed by atoms with van der Waals surface area (Å²) in [5, 5.41) is 0. The zero-order valence-corrected chi connectivity index (χ0v) is 43.8. The van der Waals surface area contributed by atoms with Crippen LogP contribution in [0.15, 0.2) is 72.9 Å². The number of quaternary nitrogens is 1. The lowest BCUT2D eigenvalue weighted by Crippen LogP contribution is -2.37. The summed E-state index contributed by atoms with van der Waals surface area (Å²) in [6.07, 6.45) is 63.5. The Morgan fingerprint density at radius 3 is 1.29 bits per heavy atom. The molecule has 0 fully saturated rings. The van der Waals surface area contributed by atoms with Gasteiger partial charge in [-0.25, -0.2) is 0 Å². The van der Waals surface area contributed by atoms with Gasteiger partial charge in [0.15, 0.2) is 0 Å². The van der Waals surface area contributed by atoms with Gasteiger partial charge >= 0.3 is 5.97 Å². The summed E-state index contributed by atoms with van der Waals surface area (Å²) < 4.78 is 34.8. The van der Waals surface area contributed by atoms with Gasteiger partial charge in [-0.3, -0.25) is 9.36 Å². The molecule has 378 valence electrons. The zero-order valence-electron chi connectivity index (χ0n) is 42.9. The first-order chi connectivity index (χ1) is 31.6. The molecule has 2 atom stereocenters. The molecule has 65 heavy (non-hydrogen) atoms. The van der Waals surface area contributed by atoms with Crippen molar-refractivity contribution in [3.63, 3.8) is 0 Å². The predicted octanol–water partition coefficient (Wildman–Crippen LogP) is 16.0. The number of esters is 1. The number of nitrogens with zero attached hydrogens (tertiary/aromatic N) is 1. The van der Waals surface area contributed by atoms with Gasteiger partial charge in [-0.2, -0.15) is 0 Å². The minimum absolute atomic E-state index is 0.0190. The number of ether oxygens (including phenoxy) is 2. The first-order valence-corrected chi connectivity index (χ1v) is 28.1. The number of carbonyl (C=O) groups is 1. The fourth-order valence-corrected chi connectivity index (χ4v) is 7.82. The molecule has 0 aliphatic carbocycles. The van der Waals surface area contributed by atoms with Crippen LogP contribution in [-0.4, -0.2) is 70.7 Å². The van der Waals surface area contributed by atoms with Crippen molar-refractivity contribution in [2.24, 2.45) is 0 Å². The second-order valence-corrected chi connectivity index (χ2v) is 20.3. The number of allylic oxidation sites excluding steroid dienone is 12. The Hall–Kier alpha value is -2.06. The molecular formula is C56H102NO7P. The van der Waals surface area contributed by atoms with Gasteiger partial charge in [0.1, 0.15) is 19.3 Å². The molecule has 0 aromatic rings. The summed E-state index contributed by atoms with van der Waals surface area (Å²) in [6, 6.07) is 0. The number of hydrogen-bond donors (Lipinski definition) is 0. The smallest absolute Gasteiger partial charge is 0.306 e. The van der Waals surface area contributed by atoms with Crippen LogP contribution in [0, 0.1) is 0 Å². The van der Waals surface area contributed by atoms with E-state index in [-0.39, 0.29) is 25.8 Å². The Kier molecular flexibility index (Phi) is 46.9. The average Bonchev–Trinajstić information content (AvgIpc) is 3.27. The van der Waals surface area contributed by atoms with Crippen molar-refractivity contribution in [3.8, 4) is 0 Å². The van der Waals surface area contributed by atoms with Crippen LogP contribution in [0.3, 0.4) is 0 Å². The molecule has 0 saturated heterocycles. The first kappa shape index (κ1) is 62.9. The van der Waals surface area contributed by atoms with Gasteiger partial charge in [0.05, 0.1) is 34.4 Å². The van der Waals surface area contributed by atoms with Crippen molar-refractivity contribution in [3.05, 3.63) is 72.9 Å². The monoisotopic (exact) mass is 932 g/mol.